The second kappa shape index (κ2) is 6.05. The smallest absolute Gasteiger partial charge is 0.258 e. The highest BCUT2D eigenvalue weighted by Gasteiger charge is 2.33. The summed E-state index contributed by atoms with van der Waals surface area (Å²) in [7, 11) is -1.90. The SMILES string of the molecule is O=[N+]([O-])c1ccc(S(=O)c2ccc(Cl)c(C(F)(F)F)c2)cc1. The van der Waals surface area contributed by atoms with Crippen molar-refractivity contribution in [1.82, 2.24) is 0 Å². The van der Waals surface area contributed by atoms with Crippen LogP contribution in [0.1, 0.15) is 5.56 Å². The van der Waals surface area contributed by atoms with Crippen LogP contribution in [0.5, 0.6) is 0 Å². The first-order valence-electron chi connectivity index (χ1n) is 5.73. The molecule has 2 rings (SSSR count). The Bertz CT molecular complexity index is 747. The standard InChI is InChI=1S/C13H7ClF3NO3S/c14-12-6-5-10(7-11(12)13(15,16)17)22(21)9-3-1-8(2-4-9)18(19)20/h1-7H. The van der Waals surface area contributed by atoms with Gasteiger partial charge < -0.3 is 0 Å². The first-order valence-corrected chi connectivity index (χ1v) is 7.26. The lowest BCUT2D eigenvalue weighted by Gasteiger charge is -2.10. The molecule has 0 saturated carbocycles. The van der Waals surface area contributed by atoms with E-state index < -0.39 is 32.5 Å². The molecule has 0 amide bonds. The number of rotatable bonds is 3. The molecule has 0 aliphatic rings. The number of benzene rings is 2. The average Bonchev–Trinajstić information content (AvgIpc) is 2.46. The molecule has 2 aromatic rings. The molecule has 1 atom stereocenters. The topological polar surface area (TPSA) is 60.2 Å². The number of nitro groups is 1. The Morgan fingerprint density at radius 1 is 1.05 bits per heavy atom. The van der Waals surface area contributed by atoms with Crippen LogP contribution in [0, 0.1) is 10.1 Å². The molecule has 0 spiro atoms. The summed E-state index contributed by atoms with van der Waals surface area (Å²) in [5.74, 6) is 0. The van der Waals surface area contributed by atoms with Crippen molar-refractivity contribution in [2.75, 3.05) is 0 Å². The van der Waals surface area contributed by atoms with E-state index in [2.05, 4.69) is 0 Å². The lowest BCUT2D eigenvalue weighted by Crippen LogP contribution is -2.07. The van der Waals surface area contributed by atoms with Gasteiger partial charge in [0.15, 0.2) is 0 Å². The normalized spacial score (nSPS) is 12.9. The Labute approximate surface area is 130 Å². The van der Waals surface area contributed by atoms with Gasteiger partial charge in [-0.05, 0) is 30.3 Å². The second-order valence-corrected chi connectivity index (χ2v) is 6.05. The Kier molecular flexibility index (Phi) is 4.52. The molecule has 0 aliphatic heterocycles. The third-order valence-corrected chi connectivity index (χ3v) is 4.43. The maximum Gasteiger partial charge on any atom is 0.417 e. The first kappa shape index (κ1) is 16.4. The first-order chi connectivity index (χ1) is 10.2. The molecular weight excluding hydrogens is 343 g/mol. The van der Waals surface area contributed by atoms with Crippen LogP contribution in [0.15, 0.2) is 52.3 Å². The van der Waals surface area contributed by atoms with E-state index in [1.54, 1.807) is 0 Å². The predicted octanol–water partition coefficient (Wildman–Crippen LogP) is 4.43. The van der Waals surface area contributed by atoms with Crippen LogP contribution in [-0.4, -0.2) is 9.13 Å². The lowest BCUT2D eigenvalue weighted by atomic mass is 10.2. The lowest BCUT2D eigenvalue weighted by molar-refractivity contribution is -0.384. The summed E-state index contributed by atoms with van der Waals surface area (Å²) in [5.41, 5.74) is -1.28. The maximum atomic E-state index is 12.8. The fraction of sp³-hybridized carbons (Fsp3) is 0.0769. The van der Waals surface area contributed by atoms with Crippen molar-refractivity contribution in [3.8, 4) is 0 Å². The molecule has 1 unspecified atom stereocenters. The summed E-state index contributed by atoms with van der Waals surface area (Å²) in [6.45, 7) is 0. The zero-order valence-electron chi connectivity index (χ0n) is 10.6. The van der Waals surface area contributed by atoms with Gasteiger partial charge in [-0.1, -0.05) is 11.6 Å². The van der Waals surface area contributed by atoms with Gasteiger partial charge in [0.25, 0.3) is 5.69 Å². The quantitative estimate of drug-likeness (QED) is 0.608. The van der Waals surface area contributed by atoms with Gasteiger partial charge in [-0.2, -0.15) is 13.2 Å². The van der Waals surface area contributed by atoms with Crippen LogP contribution in [0.2, 0.25) is 5.02 Å². The third kappa shape index (κ3) is 3.45. The fourth-order valence-corrected chi connectivity index (χ4v) is 2.96. The van der Waals surface area contributed by atoms with E-state index in [1.807, 2.05) is 0 Å². The zero-order valence-corrected chi connectivity index (χ0v) is 12.2. The summed E-state index contributed by atoms with van der Waals surface area (Å²) in [4.78, 5) is 9.97. The van der Waals surface area contributed by atoms with Gasteiger partial charge in [0.05, 0.1) is 26.3 Å². The summed E-state index contributed by atoms with van der Waals surface area (Å²) < 4.78 is 50.6. The zero-order chi connectivity index (χ0) is 16.5. The minimum atomic E-state index is -4.66. The monoisotopic (exact) mass is 349 g/mol. The van der Waals surface area contributed by atoms with Crippen LogP contribution in [0.4, 0.5) is 18.9 Å². The Hall–Kier alpha value is -1.93. The van der Waals surface area contributed by atoms with Crippen LogP contribution in [-0.2, 0) is 17.0 Å². The molecule has 0 fully saturated rings. The van der Waals surface area contributed by atoms with Crippen LogP contribution < -0.4 is 0 Å². The van der Waals surface area contributed by atoms with Gasteiger partial charge in [-0.3, -0.25) is 10.1 Å². The van der Waals surface area contributed by atoms with Gasteiger partial charge in [0, 0.05) is 21.9 Å². The summed E-state index contributed by atoms with van der Waals surface area (Å²) >= 11 is 5.49. The molecule has 4 nitrogen and oxygen atoms in total. The third-order valence-electron chi connectivity index (χ3n) is 2.72. The number of alkyl halides is 3. The van der Waals surface area contributed by atoms with Gasteiger partial charge >= 0.3 is 6.18 Å². The molecule has 0 heterocycles. The highest BCUT2D eigenvalue weighted by molar-refractivity contribution is 7.85. The highest BCUT2D eigenvalue weighted by Crippen LogP contribution is 2.36. The average molecular weight is 350 g/mol. The number of hydrogen-bond donors (Lipinski definition) is 0. The van der Waals surface area contributed by atoms with Crippen molar-refractivity contribution < 1.29 is 22.3 Å². The highest BCUT2D eigenvalue weighted by atomic mass is 35.5. The van der Waals surface area contributed by atoms with E-state index >= 15 is 0 Å². The Balaban J connectivity index is 2.39. The van der Waals surface area contributed by atoms with Crippen molar-refractivity contribution in [3.05, 3.63) is 63.2 Å². The molecule has 0 aromatic heterocycles. The molecular formula is C13H7ClF3NO3S. The minimum Gasteiger partial charge on any atom is -0.258 e. The molecule has 0 bridgehead atoms. The summed E-state index contributed by atoms with van der Waals surface area (Å²) in [6, 6.07) is 7.67. The number of nitrogens with zero attached hydrogens (tertiary/aromatic N) is 1. The number of nitro benzene ring substituents is 1. The van der Waals surface area contributed by atoms with E-state index in [0.717, 1.165) is 18.2 Å². The van der Waals surface area contributed by atoms with Gasteiger partial charge in [-0.15, -0.1) is 0 Å². The molecule has 0 radical (unpaired) electrons. The van der Waals surface area contributed by atoms with Crippen LogP contribution >= 0.6 is 11.6 Å². The van der Waals surface area contributed by atoms with E-state index in [9.17, 15) is 27.5 Å². The largest absolute Gasteiger partial charge is 0.417 e. The van der Waals surface area contributed by atoms with E-state index in [-0.39, 0.29) is 15.5 Å². The van der Waals surface area contributed by atoms with Gasteiger partial charge in [-0.25, -0.2) is 4.21 Å². The van der Waals surface area contributed by atoms with Crippen molar-refractivity contribution in [1.29, 1.82) is 0 Å². The van der Waals surface area contributed by atoms with E-state index in [4.69, 9.17) is 11.6 Å². The van der Waals surface area contributed by atoms with Crippen LogP contribution in [0.25, 0.3) is 0 Å². The fourth-order valence-electron chi connectivity index (χ4n) is 1.66. The van der Waals surface area contributed by atoms with E-state index in [0.29, 0.717) is 6.07 Å². The molecule has 116 valence electrons. The molecule has 22 heavy (non-hydrogen) atoms. The molecule has 0 aliphatic carbocycles. The van der Waals surface area contributed by atoms with Crippen molar-refractivity contribution in [3.63, 3.8) is 0 Å². The molecule has 0 N–H and O–H groups in total. The molecule has 9 heteroatoms. The van der Waals surface area contributed by atoms with Crippen molar-refractivity contribution >= 4 is 28.1 Å². The summed E-state index contributed by atoms with van der Waals surface area (Å²) in [5, 5.41) is 10.0. The van der Waals surface area contributed by atoms with Crippen molar-refractivity contribution in [2.24, 2.45) is 0 Å². The van der Waals surface area contributed by atoms with Gasteiger partial charge in [0.1, 0.15) is 0 Å². The Morgan fingerprint density at radius 2 is 1.59 bits per heavy atom. The molecule has 0 saturated heterocycles. The predicted molar refractivity (Wildman–Crippen MR) is 74.2 cm³/mol. The minimum absolute atomic E-state index is 0.0921. The number of hydrogen-bond acceptors (Lipinski definition) is 3. The summed E-state index contributed by atoms with van der Waals surface area (Å²) in [6.07, 6.45) is -4.66. The van der Waals surface area contributed by atoms with Crippen molar-refractivity contribution in [2.45, 2.75) is 16.0 Å². The molecule has 2 aromatic carbocycles. The number of halogens is 4. The van der Waals surface area contributed by atoms with Crippen LogP contribution in [0.3, 0.4) is 0 Å². The van der Waals surface area contributed by atoms with Gasteiger partial charge in [0.2, 0.25) is 0 Å². The second-order valence-electron chi connectivity index (χ2n) is 4.16. The number of non-ortho nitro benzene ring substituents is 1. The van der Waals surface area contributed by atoms with E-state index in [1.165, 1.54) is 18.2 Å². The maximum absolute atomic E-state index is 12.8. The Morgan fingerprint density at radius 3 is 2.09 bits per heavy atom.